The highest BCUT2D eigenvalue weighted by Gasteiger charge is 2.56. The first-order chi connectivity index (χ1) is 17.0. The number of nitrogens with zero attached hydrogens (tertiary/aromatic N) is 2. The Morgan fingerprint density at radius 3 is 2.28 bits per heavy atom. The predicted octanol–water partition coefficient (Wildman–Crippen LogP) is 4.65. The molecule has 1 unspecified atom stereocenters. The van der Waals surface area contributed by atoms with Gasteiger partial charge in [-0.1, -0.05) is 31.4 Å². The summed E-state index contributed by atoms with van der Waals surface area (Å²) in [4.78, 5) is 18.4. The summed E-state index contributed by atoms with van der Waals surface area (Å²) in [7, 11) is -0.467. The average Bonchev–Trinajstić information content (AvgIpc) is 3.43. The van der Waals surface area contributed by atoms with E-state index >= 15 is 0 Å². The second kappa shape index (κ2) is 8.50. The number of amides is 1. The van der Waals surface area contributed by atoms with Gasteiger partial charge in [0.25, 0.3) is 0 Å². The largest absolute Gasteiger partial charge is 0.494 e. The van der Waals surface area contributed by atoms with Crippen LogP contribution in [0.4, 0.5) is 14.5 Å². The molecule has 5 aliphatic rings. The molecule has 1 aromatic rings. The SMILES string of the molecule is CC1(C)OB(c2ccc3c(c2)N(C2CC(N4CCC(C(F)F)C4)C2)C(=O)C32CCCCC2)OC1(C)C. The Bertz CT molecular complexity index is 1020. The molecule has 8 heteroatoms. The Morgan fingerprint density at radius 2 is 1.67 bits per heavy atom. The molecule has 0 N–H and O–H groups in total. The third-order valence-electron chi connectivity index (χ3n) is 10.2. The van der Waals surface area contributed by atoms with Crippen LogP contribution in [-0.4, -0.2) is 60.7 Å². The van der Waals surface area contributed by atoms with Gasteiger partial charge in [0.1, 0.15) is 0 Å². The van der Waals surface area contributed by atoms with Gasteiger partial charge in [-0.05, 0) is 83.4 Å². The van der Waals surface area contributed by atoms with Gasteiger partial charge in [0, 0.05) is 30.2 Å². The van der Waals surface area contributed by atoms with Crippen LogP contribution in [0.25, 0.3) is 0 Å². The summed E-state index contributed by atoms with van der Waals surface area (Å²) in [5.74, 6) is -0.259. The molecule has 3 aliphatic heterocycles. The van der Waals surface area contributed by atoms with Crippen molar-refractivity contribution < 1.29 is 22.9 Å². The van der Waals surface area contributed by atoms with Gasteiger partial charge in [-0.2, -0.15) is 0 Å². The van der Waals surface area contributed by atoms with E-state index in [0.717, 1.165) is 61.8 Å². The number of rotatable bonds is 4. The Morgan fingerprint density at radius 1 is 1.00 bits per heavy atom. The van der Waals surface area contributed by atoms with Crippen LogP contribution < -0.4 is 10.4 Å². The maximum absolute atomic E-state index is 14.1. The van der Waals surface area contributed by atoms with Gasteiger partial charge < -0.3 is 14.2 Å². The average molecular weight is 500 g/mol. The van der Waals surface area contributed by atoms with Gasteiger partial charge in [0.05, 0.1) is 16.6 Å². The number of benzene rings is 1. The number of anilines is 1. The first-order valence-electron chi connectivity index (χ1n) is 13.9. The number of likely N-dealkylation sites (tertiary alicyclic amines) is 1. The second-order valence-corrected chi connectivity index (χ2v) is 12.8. The second-order valence-electron chi connectivity index (χ2n) is 12.8. The van der Waals surface area contributed by atoms with Gasteiger partial charge in [-0.3, -0.25) is 9.69 Å². The highest BCUT2D eigenvalue weighted by Crippen LogP contribution is 2.52. The zero-order chi connectivity index (χ0) is 25.5. The van der Waals surface area contributed by atoms with Gasteiger partial charge in [-0.25, -0.2) is 8.78 Å². The van der Waals surface area contributed by atoms with Crippen LogP contribution in [0.1, 0.15) is 84.6 Å². The zero-order valence-electron chi connectivity index (χ0n) is 22.1. The lowest BCUT2D eigenvalue weighted by Crippen LogP contribution is -2.56. The maximum atomic E-state index is 14.1. The van der Waals surface area contributed by atoms with Crippen LogP contribution >= 0.6 is 0 Å². The van der Waals surface area contributed by atoms with Crippen molar-refractivity contribution in [3.63, 3.8) is 0 Å². The van der Waals surface area contributed by atoms with Crippen molar-refractivity contribution in [3.8, 4) is 0 Å². The standard InChI is InChI=1S/C28H39BF2N2O3/c1-26(2)27(3,4)36-29(35-26)19-8-9-22-23(14-19)33(25(34)28(22)11-6-5-7-12-28)21-15-20(16-21)32-13-10-18(17-32)24(30)31/h8-9,14,18,20-21,24H,5-7,10-13,15-17H2,1-4H3. The number of hydrogen-bond acceptors (Lipinski definition) is 4. The van der Waals surface area contributed by atoms with E-state index in [1.54, 1.807) is 0 Å². The van der Waals surface area contributed by atoms with E-state index in [1.807, 2.05) is 0 Å². The van der Waals surface area contributed by atoms with Crippen molar-refractivity contribution in [3.05, 3.63) is 23.8 Å². The molecular formula is C28H39BF2N2O3. The number of carbonyl (C=O) groups excluding carboxylic acids is 1. The normalized spacial score (nSPS) is 33.0. The highest BCUT2D eigenvalue weighted by atomic mass is 19.3. The van der Waals surface area contributed by atoms with E-state index in [2.05, 4.69) is 55.7 Å². The van der Waals surface area contributed by atoms with Crippen LogP contribution in [0.2, 0.25) is 0 Å². The van der Waals surface area contributed by atoms with Crippen molar-refractivity contribution in [2.24, 2.45) is 5.92 Å². The van der Waals surface area contributed by atoms with E-state index in [4.69, 9.17) is 9.31 Å². The molecule has 0 aromatic heterocycles. The zero-order valence-corrected chi connectivity index (χ0v) is 22.1. The number of halogens is 2. The quantitative estimate of drug-likeness (QED) is 0.565. The summed E-state index contributed by atoms with van der Waals surface area (Å²) in [5.41, 5.74) is 1.86. The number of hydrogen-bond donors (Lipinski definition) is 0. The van der Waals surface area contributed by atoms with Crippen LogP contribution in [0.5, 0.6) is 0 Å². The highest BCUT2D eigenvalue weighted by molar-refractivity contribution is 6.62. The lowest BCUT2D eigenvalue weighted by atomic mass is 9.69. The molecule has 1 aromatic carbocycles. The molecule has 2 saturated carbocycles. The molecule has 196 valence electrons. The predicted molar refractivity (Wildman–Crippen MR) is 137 cm³/mol. The van der Waals surface area contributed by atoms with E-state index in [1.165, 1.54) is 6.42 Å². The Labute approximate surface area is 214 Å². The van der Waals surface area contributed by atoms with Crippen molar-refractivity contribution >= 4 is 24.2 Å². The third kappa shape index (κ3) is 3.69. The number of carbonyl (C=O) groups is 1. The van der Waals surface area contributed by atoms with Crippen LogP contribution in [0.15, 0.2) is 18.2 Å². The Balaban J connectivity index is 1.27. The minimum atomic E-state index is -2.24. The minimum Gasteiger partial charge on any atom is -0.399 e. The third-order valence-corrected chi connectivity index (χ3v) is 10.2. The lowest BCUT2D eigenvalue weighted by molar-refractivity contribution is -0.125. The minimum absolute atomic E-state index is 0.127. The van der Waals surface area contributed by atoms with Gasteiger partial charge >= 0.3 is 7.12 Å². The Hall–Kier alpha value is -1.51. The van der Waals surface area contributed by atoms with Crippen molar-refractivity contribution in [1.29, 1.82) is 0 Å². The molecule has 0 bridgehead atoms. The van der Waals surface area contributed by atoms with E-state index in [9.17, 15) is 13.6 Å². The fourth-order valence-electron chi connectivity index (χ4n) is 7.16. The topological polar surface area (TPSA) is 42.0 Å². The Kier molecular flexibility index (Phi) is 5.86. The molecular weight excluding hydrogens is 461 g/mol. The van der Waals surface area contributed by atoms with Crippen LogP contribution in [0.3, 0.4) is 0 Å². The first-order valence-corrected chi connectivity index (χ1v) is 13.9. The summed E-state index contributed by atoms with van der Waals surface area (Å²) in [5, 5.41) is 0. The van der Waals surface area contributed by atoms with E-state index in [0.29, 0.717) is 19.0 Å². The summed E-state index contributed by atoms with van der Waals surface area (Å²) in [6.45, 7) is 9.44. The van der Waals surface area contributed by atoms with Crippen molar-refractivity contribution in [1.82, 2.24) is 4.90 Å². The summed E-state index contributed by atoms with van der Waals surface area (Å²) in [6, 6.07) is 6.80. The molecule has 0 radical (unpaired) electrons. The van der Waals surface area contributed by atoms with Crippen molar-refractivity contribution in [2.75, 3.05) is 18.0 Å². The first kappa shape index (κ1) is 24.8. The summed E-state index contributed by atoms with van der Waals surface area (Å²) in [6.07, 6.45) is 5.20. The lowest BCUT2D eigenvalue weighted by Gasteiger charge is -2.46. The van der Waals surface area contributed by atoms with Gasteiger partial charge in [0.15, 0.2) is 0 Å². The molecule has 3 heterocycles. The molecule has 1 amide bonds. The van der Waals surface area contributed by atoms with E-state index in [-0.39, 0.29) is 11.9 Å². The number of fused-ring (bicyclic) bond motifs is 2. The monoisotopic (exact) mass is 500 g/mol. The molecule has 1 spiro atoms. The summed E-state index contributed by atoms with van der Waals surface area (Å²) < 4.78 is 39.1. The molecule has 2 aliphatic carbocycles. The van der Waals surface area contributed by atoms with Crippen molar-refractivity contribution in [2.45, 2.75) is 114 Å². The smallest absolute Gasteiger partial charge is 0.399 e. The van der Waals surface area contributed by atoms with Gasteiger partial charge in [0.2, 0.25) is 12.3 Å². The molecule has 5 nitrogen and oxygen atoms in total. The van der Waals surface area contributed by atoms with E-state index < -0.39 is 36.1 Å². The summed E-state index contributed by atoms with van der Waals surface area (Å²) >= 11 is 0. The molecule has 4 fully saturated rings. The molecule has 36 heavy (non-hydrogen) atoms. The van der Waals surface area contributed by atoms with Crippen LogP contribution in [0, 0.1) is 5.92 Å². The fraction of sp³-hybridized carbons (Fsp3) is 0.750. The molecule has 1 atom stereocenters. The van der Waals surface area contributed by atoms with Crippen LogP contribution in [-0.2, 0) is 19.5 Å². The van der Waals surface area contributed by atoms with Gasteiger partial charge in [-0.15, -0.1) is 0 Å². The molecule has 6 rings (SSSR count). The maximum Gasteiger partial charge on any atom is 0.494 e. The molecule has 2 saturated heterocycles. The number of alkyl halides is 2. The fourth-order valence-corrected chi connectivity index (χ4v) is 7.16.